The van der Waals surface area contributed by atoms with Crippen LogP contribution in [0.1, 0.15) is 132 Å². The fourth-order valence-electron chi connectivity index (χ4n) is 13.2. The molecule has 226 valence electrons. The summed E-state index contributed by atoms with van der Waals surface area (Å²) in [6.07, 6.45) is 13.8. The lowest BCUT2D eigenvalue weighted by atomic mass is 9.32. The first-order valence-electron chi connectivity index (χ1n) is 16.9. The molecule has 0 heterocycles. The number of hydrogen-bond donors (Lipinski definition) is 4. The van der Waals surface area contributed by atoms with E-state index in [0.717, 1.165) is 30.1 Å². The van der Waals surface area contributed by atoms with Crippen molar-refractivity contribution in [2.24, 2.45) is 68.3 Å². The van der Waals surface area contributed by atoms with Crippen LogP contribution in [0.25, 0.3) is 0 Å². The lowest BCUT2D eigenvalue weighted by Gasteiger charge is -2.73. The molecule has 39 heavy (non-hydrogen) atoms. The van der Waals surface area contributed by atoms with Crippen molar-refractivity contribution in [1.82, 2.24) is 0 Å². The van der Waals surface area contributed by atoms with Crippen molar-refractivity contribution in [3.63, 3.8) is 0 Å². The van der Waals surface area contributed by atoms with E-state index < -0.39 is 18.3 Å². The average Bonchev–Trinajstić information content (AvgIpc) is 3.23. The molecular weight excluding hydrogens is 482 g/mol. The Morgan fingerprint density at radius 1 is 0.667 bits per heavy atom. The third-order valence-corrected chi connectivity index (χ3v) is 15.4. The average molecular weight is 546 g/mol. The molecule has 0 bridgehead atoms. The molecular formula is C35H63NO3. The standard InChI is InChI=1S/C35H63NO3/c1-22(9-10-25(37)30(39)26(38)21-36)23-13-18-32(4)24(23)14-19-34(6)28(32)11-12-29-33(5)17-8-16-31(2,3)27(33)15-20-35(29,34)7/h22-30,37-39H,8-21,36H2,1-7H3. The van der Waals surface area contributed by atoms with E-state index in [-0.39, 0.29) is 6.54 Å². The van der Waals surface area contributed by atoms with Crippen LogP contribution in [0.5, 0.6) is 0 Å². The Hall–Kier alpha value is -0.160. The Bertz CT molecular complexity index is 891. The maximum Gasteiger partial charge on any atom is 0.107 e. The highest BCUT2D eigenvalue weighted by molar-refractivity contribution is 5.19. The molecule has 0 aliphatic heterocycles. The van der Waals surface area contributed by atoms with Crippen LogP contribution in [0.4, 0.5) is 0 Å². The molecule has 5 fully saturated rings. The molecule has 0 aromatic rings. The molecule has 4 nitrogen and oxygen atoms in total. The van der Waals surface area contributed by atoms with Crippen molar-refractivity contribution in [3.8, 4) is 0 Å². The molecule has 5 rings (SSSR count). The summed E-state index contributed by atoms with van der Waals surface area (Å²) >= 11 is 0. The van der Waals surface area contributed by atoms with Gasteiger partial charge in [0.05, 0.1) is 12.2 Å². The number of nitrogens with two attached hydrogens (primary N) is 1. The molecule has 5 saturated carbocycles. The summed E-state index contributed by atoms with van der Waals surface area (Å²) < 4.78 is 0. The van der Waals surface area contributed by atoms with Crippen molar-refractivity contribution >= 4 is 0 Å². The van der Waals surface area contributed by atoms with E-state index in [2.05, 4.69) is 48.5 Å². The Labute approximate surface area is 240 Å². The van der Waals surface area contributed by atoms with Gasteiger partial charge in [-0.05, 0) is 140 Å². The van der Waals surface area contributed by atoms with Crippen LogP contribution in [0.2, 0.25) is 0 Å². The van der Waals surface area contributed by atoms with Crippen molar-refractivity contribution in [3.05, 3.63) is 0 Å². The Kier molecular flexibility index (Phi) is 7.95. The predicted molar refractivity (Wildman–Crippen MR) is 160 cm³/mol. The molecule has 0 radical (unpaired) electrons. The van der Waals surface area contributed by atoms with Gasteiger partial charge in [-0.3, -0.25) is 0 Å². The zero-order valence-corrected chi connectivity index (χ0v) is 26.5. The molecule has 13 atom stereocenters. The van der Waals surface area contributed by atoms with E-state index in [1.165, 1.54) is 70.6 Å². The van der Waals surface area contributed by atoms with Crippen molar-refractivity contribution < 1.29 is 15.3 Å². The summed E-state index contributed by atoms with van der Waals surface area (Å²) in [4.78, 5) is 0. The molecule has 5 aliphatic carbocycles. The summed E-state index contributed by atoms with van der Waals surface area (Å²) in [5.41, 5.74) is 7.83. The molecule has 13 unspecified atom stereocenters. The molecule has 0 amide bonds. The van der Waals surface area contributed by atoms with E-state index in [4.69, 9.17) is 5.73 Å². The normalized spacial score (nSPS) is 50.1. The van der Waals surface area contributed by atoms with Gasteiger partial charge in [0.25, 0.3) is 0 Å². The van der Waals surface area contributed by atoms with Gasteiger partial charge >= 0.3 is 0 Å². The third kappa shape index (κ3) is 4.42. The lowest BCUT2D eigenvalue weighted by molar-refractivity contribution is -0.241. The monoisotopic (exact) mass is 545 g/mol. The Morgan fingerprint density at radius 3 is 1.92 bits per heavy atom. The van der Waals surface area contributed by atoms with Gasteiger partial charge in [-0.15, -0.1) is 0 Å². The summed E-state index contributed by atoms with van der Waals surface area (Å²) in [5, 5.41) is 30.6. The topological polar surface area (TPSA) is 86.7 Å². The molecule has 0 aromatic carbocycles. The van der Waals surface area contributed by atoms with Gasteiger partial charge in [-0.2, -0.15) is 0 Å². The fourth-order valence-corrected chi connectivity index (χ4v) is 13.2. The molecule has 5 N–H and O–H groups in total. The summed E-state index contributed by atoms with van der Waals surface area (Å²) in [5.74, 6) is 4.61. The van der Waals surface area contributed by atoms with Crippen LogP contribution in [0.3, 0.4) is 0 Å². The number of fused-ring (bicyclic) bond motifs is 7. The quantitative estimate of drug-likeness (QED) is 0.279. The predicted octanol–water partition coefficient (Wildman–Crippen LogP) is 6.94. The van der Waals surface area contributed by atoms with E-state index in [1.807, 2.05) is 0 Å². The highest BCUT2D eigenvalue weighted by Gasteiger charge is 2.70. The van der Waals surface area contributed by atoms with E-state index in [9.17, 15) is 15.3 Å². The van der Waals surface area contributed by atoms with Crippen LogP contribution in [0, 0.1) is 62.6 Å². The SMILES string of the molecule is CC(CCC(O)C(O)C(O)CN)C1CCC2(C)C1CCC1(C)C2CCC2C3(C)CCCC(C)(C)C3CCC21C. The minimum absolute atomic E-state index is 0.0195. The van der Waals surface area contributed by atoms with Gasteiger partial charge in [0.1, 0.15) is 6.10 Å². The molecule has 0 spiro atoms. The number of rotatable bonds is 7. The maximum absolute atomic E-state index is 10.5. The van der Waals surface area contributed by atoms with Crippen LogP contribution < -0.4 is 5.73 Å². The largest absolute Gasteiger partial charge is 0.390 e. The third-order valence-electron chi connectivity index (χ3n) is 15.4. The van der Waals surface area contributed by atoms with Crippen LogP contribution in [0.15, 0.2) is 0 Å². The first-order valence-corrected chi connectivity index (χ1v) is 16.9. The highest BCUT2D eigenvalue weighted by atomic mass is 16.4. The second kappa shape index (κ2) is 10.2. The maximum atomic E-state index is 10.5. The van der Waals surface area contributed by atoms with Gasteiger partial charge in [0.15, 0.2) is 0 Å². The highest BCUT2D eigenvalue weighted by Crippen LogP contribution is 2.78. The summed E-state index contributed by atoms with van der Waals surface area (Å²) in [6.45, 7) is 18.4. The number of aliphatic hydroxyl groups is 3. The van der Waals surface area contributed by atoms with Gasteiger partial charge in [0, 0.05) is 6.54 Å². The summed E-state index contributed by atoms with van der Waals surface area (Å²) in [6, 6.07) is 0. The zero-order valence-electron chi connectivity index (χ0n) is 26.5. The smallest absolute Gasteiger partial charge is 0.107 e. The Balaban J connectivity index is 1.33. The van der Waals surface area contributed by atoms with Crippen LogP contribution in [-0.2, 0) is 0 Å². The minimum atomic E-state index is -1.14. The first-order chi connectivity index (χ1) is 18.2. The number of hydrogen-bond acceptors (Lipinski definition) is 4. The molecule has 5 aliphatic rings. The summed E-state index contributed by atoms with van der Waals surface area (Å²) in [7, 11) is 0. The molecule has 4 heteroatoms. The lowest BCUT2D eigenvalue weighted by Crippen LogP contribution is -2.65. The van der Waals surface area contributed by atoms with Crippen molar-refractivity contribution in [2.75, 3.05) is 6.54 Å². The van der Waals surface area contributed by atoms with E-state index in [1.54, 1.807) is 0 Å². The zero-order chi connectivity index (χ0) is 28.6. The molecule has 0 saturated heterocycles. The number of aliphatic hydroxyl groups excluding tert-OH is 3. The van der Waals surface area contributed by atoms with Crippen LogP contribution in [-0.4, -0.2) is 40.2 Å². The van der Waals surface area contributed by atoms with E-state index >= 15 is 0 Å². The van der Waals surface area contributed by atoms with Crippen molar-refractivity contribution in [2.45, 2.75) is 150 Å². The fraction of sp³-hybridized carbons (Fsp3) is 1.00. The van der Waals surface area contributed by atoms with Gasteiger partial charge in [0.2, 0.25) is 0 Å². The second-order valence-electron chi connectivity index (χ2n) is 17.2. The Morgan fingerprint density at radius 2 is 1.28 bits per heavy atom. The first kappa shape index (κ1) is 30.3. The van der Waals surface area contributed by atoms with Gasteiger partial charge in [-0.1, -0.05) is 54.9 Å². The van der Waals surface area contributed by atoms with Crippen LogP contribution >= 0.6 is 0 Å². The molecule has 0 aromatic heterocycles. The van der Waals surface area contributed by atoms with Gasteiger partial charge < -0.3 is 21.1 Å². The second-order valence-corrected chi connectivity index (χ2v) is 17.2. The minimum Gasteiger partial charge on any atom is -0.390 e. The van der Waals surface area contributed by atoms with Gasteiger partial charge in [-0.25, -0.2) is 0 Å². The van der Waals surface area contributed by atoms with Crippen molar-refractivity contribution in [1.29, 1.82) is 0 Å². The van der Waals surface area contributed by atoms with E-state index in [0.29, 0.717) is 45.3 Å².